The smallest absolute Gasteiger partial charge is 0.228 e. The maximum absolute atomic E-state index is 6.30. The molecular formula is C18H16ClN9O. The molecule has 0 aliphatic rings. The van der Waals surface area contributed by atoms with E-state index in [2.05, 4.69) is 40.8 Å². The maximum atomic E-state index is 6.30. The van der Waals surface area contributed by atoms with Crippen LogP contribution < -0.4 is 10.1 Å². The molecule has 11 heteroatoms. The number of halogens is 1. The Kier molecular flexibility index (Phi) is 5.52. The molecule has 0 spiro atoms. The first-order chi connectivity index (χ1) is 14.2. The SMILES string of the molecule is C[C@@H](Cn1cnnn1)Oc1cc(-c2cnc(Nc3cnccn3)nc2)ccc1Cl. The van der Waals surface area contributed by atoms with E-state index in [0.29, 0.717) is 29.1 Å². The monoisotopic (exact) mass is 409 g/mol. The van der Waals surface area contributed by atoms with Gasteiger partial charge in [0, 0.05) is 30.4 Å². The van der Waals surface area contributed by atoms with E-state index in [1.165, 1.54) is 6.33 Å². The fraction of sp³-hybridized carbons (Fsp3) is 0.167. The van der Waals surface area contributed by atoms with Gasteiger partial charge in [-0.15, -0.1) is 5.10 Å². The lowest BCUT2D eigenvalue weighted by Crippen LogP contribution is -2.20. The van der Waals surface area contributed by atoms with Crippen LogP contribution in [0.5, 0.6) is 5.75 Å². The van der Waals surface area contributed by atoms with Crippen LogP contribution in [0.1, 0.15) is 6.92 Å². The maximum Gasteiger partial charge on any atom is 0.228 e. The molecule has 4 aromatic rings. The van der Waals surface area contributed by atoms with E-state index in [0.717, 1.165) is 11.1 Å². The molecule has 0 unspecified atom stereocenters. The number of benzene rings is 1. The summed E-state index contributed by atoms with van der Waals surface area (Å²) in [4.78, 5) is 16.8. The van der Waals surface area contributed by atoms with Crippen LogP contribution in [-0.2, 0) is 6.54 Å². The lowest BCUT2D eigenvalue weighted by atomic mass is 10.1. The zero-order valence-electron chi connectivity index (χ0n) is 15.3. The summed E-state index contributed by atoms with van der Waals surface area (Å²) in [6.07, 6.45) is 9.56. The first-order valence-electron chi connectivity index (χ1n) is 8.70. The normalized spacial score (nSPS) is 11.8. The molecule has 1 atom stereocenters. The minimum absolute atomic E-state index is 0.180. The van der Waals surface area contributed by atoms with Crippen LogP contribution in [0.25, 0.3) is 11.1 Å². The van der Waals surface area contributed by atoms with E-state index in [1.807, 2.05) is 19.1 Å². The third-order valence-corrected chi connectivity index (χ3v) is 4.20. The van der Waals surface area contributed by atoms with Gasteiger partial charge in [-0.3, -0.25) is 4.98 Å². The van der Waals surface area contributed by atoms with Gasteiger partial charge in [-0.2, -0.15) is 0 Å². The van der Waals surface area contributed by atoms with Crippen molar-refractivity contribution in [2.24, 2.45) is 0 Å². The van der Waals surface area contributed by atoms with E-state index >= 15 is 0 Å². The Balaban J connectivity index is 1.47. The number of tetrazole rings is 1. The number of hydrogen-bond acceptors (Lipinski definition) is 9. The average Bonchev–Trinajstić information content (AvgIpc) is 3.24. The predicted molar refractivity (Wildman–Crippen MR) is 106 cm³/mol. The Morgan fingerprint density at radius 3 is 2.69 bits per heavy atom. The highest BCUT2D eigenvalue weighted by molar-refractivity contribution is 6.32. The van der Waals surface area contributed by atoms with Crippen molar-refractivity contribution >= 4 is 23.4 Å². The van der Waals surface area contributed by atoms with Crippen LogP contribution in [0.15, 0.2) is 55.5 Å². The highest BCUT2D eigenvalue weighted by Gasteiger charge is 2.11. The molecule has 29 heavy (non-hydrogen) atoms. The van der Waals surface area contributed by atoms with Gasteiger partial charge in [0.25, 0.3) is 0 Å². The number of rotatable bonds is 7. The summed E-state index contributed by atoms with van der Waals surface area (Å²) in [6, 6.07) is 5.52. The number of nitrogens with one attached hydrogen (secondary N) is 1. The van der Waals surface area contributed by atoms with Gasteiger partial charge in [0.1, 0.15) is 18.2 Å². The zero-order valence-corrected chi connectivity index (χ0v) is 16.1. The predicted octanol–water partition coefficient (Wildman–Crippen LogP) is 2.78. The Morgan fingerprint density at radius 2 is 1.97 bits per heavy atom. The highest BCUT2D eigenvalue weighted by Crippen LogP contribution is 2.31. The molecule has 1 N–H and O–H groups in total. The van der Waals surface area contributed by atoms with E-state index in [-0.39, 0.29) is 6.10 Å². The standard InChI is InChI=1S/C18H16ClN9O/c1-12(10-28-11-24-26-27-28)29-16-6-13(2-3-15(16)19)14-7-22-18(23-8-14)25-17-9-20-4-5-21-17/h2-9,11-12H,10H2,1H3,(H,21,22,23,25)/t12-/m0/s1. The lowest BCUT2D eigenvalue weighted by Gasteiger charge is -2.16. The summed E-state index contributed by atoms with van der Waals surface area (Å²) in [5.74, 6) is 1.56. The van der Waals surface area contributed by atoms with Crippen LogP contribution in [0, 0.1) is 0 Å². The molecular weight excluding hydrogens is 394 g/mol. The van der Waals surface area contributed by atoms with Crippen molar-refractivity contribution in [3.05, 3.63) is 60.5 Å². The van der Waals surface area contributed by atoms with Crippen molar-refractivity contribution in [3.63, 3.8) is 0 Å². The molecule has 1 aromatic carbocycles. The van der Waals surface area contributed by atoms with Gasteiger partial charge in [0.05, 0.1) is 17.8 Å². The Hall–Kier alpha value is -3.66. The molecule has 0 bridgehead atoms. The van der Waals surface area contributed by atoms with Crippen molar-refractivity contribution in [1.82, 2.24) is 40.1 Å². The van der Waals surface area contributed by atoms with Crippen molar-refractivity contribution in [1.29, 1.82) is 0 Å². The summed E-state index contributed by atoms with van der Waals surface area (Å²) in [5.41, 5.74) is 1.70. The molecule has 0 fully saturated rings. The van der Waals surface area contributed by atoms with E-state index in [1.54, 1.807) is 41.7 Å². The van der Waals surface area contributed by atoms with Crippen LogP contribution >= 0.6 is 11.6 Å². The van der Waals surface area contributed by atoms with Gasteiger partial charge in [-0.05, 0) is 35.0 Å². The van der Waals surface area contributed by atoms with Crippen molar-refractivity contribution in [2.45, 2.75) is 19.6 Å². The van der Waals surface area contributed by atoms with Gasteiger partial charge in [0.2, 0.25) is 5.95 Å². The van der Waals surface area contributed by atoms with Crippen molar-refractivity contribution < 1.29 is 4.74 Å². The van der Waals surface area contributed by atoms with Crippen molar-refractivity contribution in [3.8, 4) is 16.9 Å². The molecule has 0 radical (unpaired) electrons. The van der Waals surface area contributed by atoms with Gasteiger partial charge in [-0.1, -0.05) is 17.7 Å². The third kappa shape index (κ3) is 4.79. The zero-order chi connectivity index (χ0) is 20.1. The summed E-state index contributed by atoms with van der Waals surface area (Å²) >= 11 is 6.30. The molecule has 146 valence electrons. The molecule has 10 nitrogen and oxygen atoms in total. The van der Waals surface area contributed by atoms with Crippen LogP contribution in [0.2, 0.25) is 5.02 Å². The average molecular weight is 410 g/mol. The van der Waals surface area contributed by atoms with Gasteiger partial charge in [-0.25, -0.2) is 19.6 Å². The second-order valence-electron chi connectivity index (χ2n) is 6.12. The fourth-order valence-corrected chi connectivity index (χ4v) is 2.74. The summed E-state index contributed by atoms with van der Waals surface area (Å²) in [7, 11) is 0. The fourth-order valence-electron chi connectivity index (χ4n) is 2.57. The quantitative estimate of drug-likeness (QED) is 0.491. The number of hydrogen-bond donors (Lipinski definition) is 1. The summed E-state index contributed by atoms with van der Waals surface area (Å²) in [6.45, 7) is 2.42. The Labute approximate surface area is 171 Å². The molecule has 0 saturated heterocycles. The number of anilines is 2. The minimum atomic E-state index is -0.180. The second kappa shape index (κ2) is 8.57. The Bertz CT molecular complexity index is 1060. The molecule has 0 saturated carbocycles. The minimum Gasteiger partial charge on any atom is -0.487 e. The largest absolute Gasteiger partial charge is 0.487 e. The molecule has 3 aromatic heterocycles. The van der Waals surface area contributed by atoms with Crippen LogP contribution in [-0.4, -0.2) is 46.2 Å². The molecule has 0 aliphatic heterocycles. The molecule has 4 rings (SSSR count). The molecule has 0 aliphatic carbocycles. The second-order valence-corrected chi connectivity index (χ2v) is 6.52. The highest BCUT2D eigenvalue weighted by atomic mass is 35.5. The van der Waals surface area contributed by atoms with Gasteiger partial charge < -0.3 is 10.1 Å². The number of ether oxygens (including phenoxy) is 1. The molecule has 0 amide bonds. The van der Waals surface area contributed by atoms with E-state index < -0.39 is 0 Å². The van der Waals surface area contributed by atoms with E-state index in [9.17, 15) is 0 Å². The molecule has 3 heterocycles. The lowest BCUT2D eigenvalue weighted by molar-refractivity contribution is 0.193. The van der Waals surface area contributed by atoms with Gasteiger partial charge >= 0.3 is 0 Å². The summed E-state index contributed by atoms with van der Waals surface area (Å²) in [5, 5.41) is 14.6. The van der Waals surface area contributed by atoms with E-state index in [4.69, 9.17) is 16.3 Å². The Morgan fingerprint density at radius 1 is 1.10 bits per heavy atom. The van der Waals surface area contributed by atoms with Crippen molar-refractivity contribution in [2.75, 3.05) is 5.32 Å². The van der Waals surface area contributed by atoms with Crippen LogP contribution in [0.4, 0.5) is 11.8 Å². The van der Waals surface area contributed by atoms with Gasteiger partial charge in [0.15, 0.2) is 5.82 Å². The first kappa shape index (κ1) is 18.7. The number of nitrogens with zero attached hydrogens (tertiary/aromatic N) is 8. The first-order valence-corrected chi connectivity index (χ1v) is 9.07. The number of aromatic nitrogens is 8. The summed E-state index contributed by atoms with van der Waals surface area (Å²) < 4.78 is 7.56. The van der Waals surface area contributed by atoms with Crippen LogP contribution in [0.3, 0.4) is 0 Å². The third-order valence-electron chi connectivity index (χ3n) is 3.88. The topological polar surface area (TPSA) is 116 Å².